The Balaban J connectivity index is 1.36. The van der Waals surface area contributed by atoms with Crippen molar-refractivity contribution in [3.63, 3.8) is 0 Å². The predicted molar refractivity (Wildman–Crippen MR) is 83.4 cm³/mol. The van der Waals surface area contributed by atoms with E-state index in [0.29, 0.717) is 29.4 Å². The van der Waals surface area contributed by atoms with E-state index in [1.54, 1.807) is 0 Å². The van der Waals surface area contributed by atoms with Crippen molar-refractivity contribution in [2.24, 2.45) is 5.92 Å². The number of aromatic nitrogens is 3. The third kappa shape index (κ3) is 3.20. The van der Waals surface area contributed by atoms with Crippen molar-refractivity contribution >= 4 is 9.84 Å². The zero-order chi connectivity index (χ0) is 15.2. The van der Waals surface area contributed by atoms with E-state index in [2.05, 4.69) is 21.4 Å². The minimum absolute atomic E-state index is 0.323. The van der Waals surface area contributed by atoms with Gasteiger partial charge in [0.1, 0.15) is 0 Å². The smallest absolute Gasteiger partial charge is 0.150 e. The lowest BCUT2D eigenvalue weighted by molar-refractivity contribution is 0.200. The third-order valence-corrected chi connectivity index (χ3v) is 7.11. The second kappa shape index (κ2) is 5.60. The number of rotatable bonds is 5. The lowest BCUT2D eigenvalue weighted by Gasteiger charge is -2.26. The zero-order valence-electron chi connectivity index (χ0n) is 12.9. The molecule has 1 saturated carbocycles. The van der Waals surface area contributed by atoms with Gasteiger partial charge in [0.05, 0.1) is 23.7 Å². The fraction of sp³-hybridized carbons (Fsp3) is 0.867. The van der Waals surface area contributed by atoms with Crippen molar-refractivity contribution in [1.29, 1.82) is 0 Å². The summed E-state index contributed by atoms with van der Waals surface area (Å²) >= 11 is 0. The van der Waals surface area contributed by atoms with Crippen LogP contribution in [0.1, 0.15) is 43.7 Å². The second-order valence-corrected chi connectivity index (χ2v) is 9.43. The van der Waals surface area contributed by atoms with Gasteiger partial charge in [-0.2, -0.15) is 0 Å². The molecule has 0 N–H and O–H groups in total. The average molecular weight is 324 g/mol. The van der Waals surface area contributed by atoms with Crippen LogP contribution in [-0.4, -0.2) is 58.9 Å². The molecule has 1 unspecified atom stereocenters. The van der Waals surface area contributed by atoms with Crippen molar-refractivity contribution in [3.05, 3.63) is 11.9 Å². The molecule has 1 aromatic rings. The van der Waals surface area contributed by atoms with Crippen LogP contribution in [0.2, 0.25) is 0 Å². The molecule has 1 aliphatic carbocycles. The molecule has 1 aromatic heterocycles. The van der Waals surface area contributed by atoms with Gasteiger partial charge >= 0.3 is 0 Å². The molecule has 2 atom stereocenters. The van der Waals surface area contributed by atoms with Crippen molar-refractivity contribution in [2.75, 3.05) is 24.6 Å². The minimum atomic E-state index is -2.77. The van der Waals surface area contributed by atoms with Crippen molar-refractivity contribution < 1.29 is 8.42 Å². The molecule has 6 nitrogen and oxygen atoms in total. The van der Waals surface area contributed by atoms with E-state index in [1.807, 2.05) is 4.68 Å². The number of likely N-dealkylation sites (tertiary alicyclic amines) is 1. The summed E-state index contributed by atoms with van der Waals surface area (Å²) in [6.07, 6.45) is 7.83. The molecule has 122 valence electrons. The Kier molecular flexibility index (Phi) is 3.72. The zero-order valence-corrected chi connectivity index (χ0v) is 13.7. The number of sulfone groups is 1. The maximum Gasteiger partial charge on any atom is 0.150 e. The Hall–Kier alpha value is -0.950. The molecule has 2 aliphatic heterocycles. The maximum absolute atomic E-state index is 11.6. The van der Waals surface area contributed by atoms with Gasteiger partial charge < -0.3 is 0 Å². The lowest BCUT2D eigenvalue weighted by atomic mass is 10.1. The van der Waals surface area contributed by atoms with Gasteiger partial charge in [-0.1, -0.05) is 5.21 Å². The summed E-state index contributed by atoms with van der Waals surface area (Å²) in [6.45, 7) is 2.90. The van der Waals surface area contributed by atoms with E-state index in [9.17, 15) is 8.42 Å². The maximum atomic E-state index is 11.6. The highest BCUT2D eigenvalue weighted by Crippen LogP contribution is 2.38. The Bertz CT molecular complexity index is 638. The van der Waals surface area contributed by atoms with Gasteiger partial charge in [0.2, 0.25) is 0 Å². The van der Waals surface area contributed by atoms with E-state index in [4.69, 9.17) is 0 Å². The molecule has 22 heavy (non-hydrogen) atoms. The fourth-order valence-corrected chi connectivity index (χ4v) is 5.72. The normalized spacial score (nSPS) is 31.8. The van der Waals surface area contributed by atoms with Crippen LogP contribution in [0.3, 0.4) is 0 Å². The monoisotopic (exact) mass is 324 g/mol. The van der Waals surface area contributed by atoms with Gasteiger partial charge in [-0.05, 0) is 44.6 Å². The molecule has 0 aromatic carbocycles. The first-order valence-corrected chi connectivity index (χ1v) is 10.3. The van der Waals surface area contributed by atoms with Gasteiger partial charge in [0.25, 0.3) is 0 Å². The predicted octanol–water partition coefficient (Wildman–Crippen LogP) is 1.05. The Labute approximate surface area is 131 Å². The molecule has 3 aliphatic rings. The topological polar surface area (TPSA) is 68.1 Å². The summed E-state index contributed by atoms with van der Waals surface area (Å²) in [5.74, 6) is 1.73. The van der Waals surface area contributed by atoms with Crippen LogP contribution in [0.5, 0.6) is 0 Å². The Morgan fingerprint density at radius 3 is 2.77 bits per heavy atom. The van der Waals surface area contributed by atoms with Crippen LogP contribution < -0.4 is 0 Å². The molecule has 4 rings (SSSR count). The number of nitrogens with zero attached hydrogens (tertiary/aromatic N) is 4. The number of hydrogen-bond donors (Lipinski definition) is 0. The van der Waals surface area contributed by atoms with Gasteiger partial charge in [0, 0.05) is 24.7 Å². The molecule has 0 amide bonds. The van der Waals surface area contributed by atoms with Crippen LogP contribution in [0, 0.1) is 5.92 Å². The van der Waals surface area contributed by atoms with E-state index in [1.165, 1.54) is 25.7 Å². The van der Waals surface area contributed by atoms with Gasteiger partial charge in [0.15, 0.2) is 9.84 Å². The Morgan fingerprint density at radius 2 is 2.05 bits per heavy atom. The molecule has 0 radical (unpaired) electrons. The molecular weight excluding hydrogens is 300 g/mol. The van der Waals surface area contributed by atoms with E-state index in [-0.39, 0.29) is 0 Å². The molecule has 0 bridgehead atoms. The summed E-state index contributed by atoms with van der Waals surface area (Å²) in [4.78, 5) is 2.48. The van der Waals surface area contributed by atoms with Crippen molar-refractivity contribution in [1.82, 2.24) is 19.9 Å². The molecular formula is C15H24N4O2S. The van der Waals surface area contributed by atoms with Crippen LogP contribution >= 0.6 is 0 Å². The Morgan fingerprint density at radius 1 is 1.18 bits per heavy atom. The highest BCUT2D eigenvalue weighted by Gasteiger charge is 2.33. The lowest BCUT2D eigenvalue weighted by Crippen LogP contribution is -2.37. The van der Waals surface area contributed by atoms with Gasteiger partial charge in [-0.3, -0.25) is 9.58 Å². The summed E-state index contributed by atoms with van der Waals surface area (Å²) in [5.41, 5.74) is 1.14. The number of hydrogen-bond acceptors (Lipinski definition) is 5. The van der Waals surface area contributed by atoms with Crippen LogP contribution in [-0.2, 0) is 16.4 Å². The molecule has 2 saturated heterocycles. The van der Waals surface area contributed by atoms with Gasteiger partial charge in [-0.15, -0.1) is 5.10 Å². The highest BCUT2D eigenvalue weighted by atomic mass is 32.2. The largest absolute Gasteiger partial charge is 0.298 e. The SMILES string of the molecule is O=S1(=O)CCC(CN2CCC[C@H]2Cn2cc(C3CC3)nn2)C1. The second-order valence-electron chi connectivity index (χ2n) is 7.20. The molecule has 3 heterocycles. The third-order valence-electron chi connectivity index (χ3n) is 5.27. The first-order chi connectivity index (χ1) is 10.6. The van der Waals surface area contributed by atoms with E-state index >= 15 is 0 Å². The van der Waals surface area contributed by atoms with E-state index < -0.39 is 9.84 Å². The fourth-order valence-electron chi connectivity index (χ4n) is 3.87. The van der Waals surface area contributed by atoms with Crippen molar-refractivity contribution in [3.8, 4) is 0 Å². The molecule has 0 spiro atoms. The highest BCUT2D eigenvalue weighted by molar-refractivity contribution is 7.91. The van der Waals surface area contributed by atoms with Crippen molar-refractivity contribution in [2.45, 2.75) is 50.6 Å². The van der Waals surface area contributed by atoms with Crippen LogP contribution in [0.15, 0.2) is 6.20 Å². The average Bonchev–Trinajstić information content (AvgIpc) is 2.90. The summed E-state index contributed by atoms with van der Waals surface area (Å²) in [7, 11) is -2.77. The summed E-state index contributed by atoms with van der Waals surface area (Å²) < 4.78 is 25.2. The summed E-state index contributed by atoms with van der Waals surface area (Å²) in [5, 5.41) is 8.56. The van der Waals surface area contributed by atoms with Crippen LogP contribution in [0.25, 0.3) is 0 Å². The minimum Gasteiger partial charge on any atom is -0.298 e. The quantitative estimate of drug-likeness (QED) is 0.810. The molecule has 3 fully saturated rings. The van der Waals surface area contributed by atoms with Crippen LogP contribution in [0.4, 0.5) is 0 Å². The first kappa shape index (κ1) is 14.6. The first-order valence-electron chi connectivity index (χ1n) is 8.43. The standard InChI is InChI=1S/C15H24N4O2S/c20-22(21)7-5-12(11-22)8-18-6-1-2-14(18)9-19-10-15(16-17-19)13-3-4-13/h10,12-14H,1-9,11H2/t12?,14-/m0/s1. The molecule has 7 heteroatoms. The van der Waals surface area contributed by atoms with Gasteiger partial charge in [-0.25, -0.2) is 8.42 Å². The summed E-state index contributed by atoms with van der Waals surface area (Å²) in [6, 6.07) is 0.483. The van der Waals surface area contributed by atoms with E-state index in [0.717, 1.165) is 31.7 Å².